The standard InChI is InChI=1S/C12H16F2N2O2.ClH/c1-8-2-3-10(18-12(13)14)9(6-8)7-16-11(17)4-5-15;/h2-3,6,12H,4-5,7,15H2,1H3,(H,16,17);1H. The Kier molecular flexibility index (Phi) is 8.02. The summed E-state index contributed by atoms with van der Waals surface area (Å²) >= 11 is 0. The average molecular weight is 295 g/mol. The van der Waals surface area contributed by atoms with Crippen molar-refractivity contribution in [2.75, 3.05) is 6.54 Å². The highest BCUT2D eigenvalue weighted by atomic mass is 35.5. The lowest BCUT2D eigenvalue weighted by Crippen LogP contribution is -2.25. The molecule has 1 amide bonds. The van der Waals surface area contributed by atoms with E-state index in [0.29, 0.717) is 5.56 Å². The molecule has 1 aromatic carbocycles. The lowest BCUT2D eigenvalue weighted by molar-refractivity contribution is -0.121. The first-order chi connectivity index (χ1) is 8.52. The van der Waals surface area contributed by atoms with Crippen LogP contribution in [-0.4, -0.2) is 19.1 Å². The number of benzene rings is 1. The van der Waals surface area contributed by atoms with Crippen LogP contribution in [0.5, 0.6) is 5.75 Å². The summed E-state index contributed by atoms with van der Waals surface area (Å²) in [6.45, 7) is -0.661. The van der Waals surface area contributed by atoms with Crippen molar-refractivity contribution < 1.29 is 18.3 Å². The van der Waals surface area contributed by atoms with E-state index in [2.05, 4.69) is 10.1 Å². The second-order valence-corrected chi connectivity index (χ2v) is 3.81. The number of rotatable bonds is 6. The van der Waals surface area contributed by atoms with Gasteiger partial charge in [0.2, 0.25) is 5.91 Å². The van der Waals surface area contributed by atoms with Gasteiger partial charge in [0.25, 0.3) is 0 Å². The molecule has 19 heavy (non-hydrogen) atoms. The summed E-state index contributed by atoms with van der Waals surface area (Å²) in [4.78, 5) is 11.3. The predicted molar refractivity (Wildman–Crippen MR) is 70.6 cm³/mol. The van der Waals surface area contributed by atoms with Crippen LogP contribution >= 0.6 is 12.4 Å². The van der Waals surface area contributed by atoms with Gasteiger partial charge < -0.3 is 15.8 Å². The van der Waals surface area contributed by atoms with Crippen LogP contribution in [0, 0.1) is 6.92 Å². The topological polar surface area (TPSA) is 64.3 Å². The molecule has 0 bridgehead atoms. The molecule has 0 aliphatic heterocycles. The number of carbonyl (C=O) groups excluding carboxylic acids is 1. The summed E-state index contributed by atoms with van der Waals surface area (Å²) in [5.74, 6) is -0.148. The zero-order valence-electron chi connectivity index (χ0n) is 10.5. The first-order valence-electron chi connectivity index (χ1n) is 5.54. The second kappa shape index (κ2) is 8.66. The fourth-order valence-electron chi connectivity index (χ4n) is 1.47. The summed E-state index contributed by atoms with van der Waals surface area (Å²) in [7, 11) is 0. The number of hydrogen-bond donors (Lipinski definition) is 2. The molecule has 4 nitrogen and oxygen atoms in total. The van der Waals surface area contributed by atoms with Crippen LogP contribution in [0.25, 0.3) is 0 Å². The van der Waals surface area contributed by atoms with E-state index in [1.165, 1.54) is 6.07 Å². The number of aryl methyl sites for hydroxylation is 1. The minimum Gasteiger partial charge on any atom is -0.434 e. The van der Waals surface area contributed by atoms with Gasteiger partial charge in [0.05, 0.1) is 0 Å². The minimum atomic E-state index is -2.88. The monoisotopic (exact) mass is 294 g/mol. The van der Waals surface area contributed by atoms with Crippen molar-refractivity contribution in [2.45, 2.75) is 26.5 Å². The van der Waals surface area contributed by atoms with Crippen LogP contribution in [0.4, 0.5) is 8.78 Å². The van der Waals surface area contributed by atoms with Crippen molar-refractivity contribution >= 4 is 18.3 Å². The van der Waals surface area contributed by atoms with Crippen molar-refractivity contribution in [3.05, 3.63) is 29.3 Å². The minimum absolute atomic E-state index is 0. The maximum Gasteiger partial charge on any atom is 0.387 e. The Labute approximate surface area is 116 Å². The Bertz CT molecular complexity index is 417. The van der Waals surface area contributed by atoms with Crippen molar-refractivity contribution in [1.82, 2.24) is 5.32 Å². The second-order valence-electron chi connectivity index (χ2n) is 3.81. The van der Waals surface area contributed by atoms with Crippen molar-refractivity contribution in [1.29, 1.82) is 0 Å². The van der Waals surface area contributed by atoms with Gasteiger partial charge in [-0.05, 0) is 13.0 Å². The molecule has 7 heteroatoms. The molecule has 0 unspecified atom stereocenters. The normalized spacial score (nSPS) is 9.95. The Morgan fingerprint density at radius 1 is 1.47 bits per heavy atom. The average Bonchev–Trinajstić information content (AvgIpc) is 2.29. The van der Waals surface area contributed by atoms with Gasteiger partial charge in [0, 0.05) is 25.1 Å². The third kappa shape index (κ3) is 6.35. The smallest absolute Gasteiger partial charge is 0.387 e. The highest BCUT2D eigenvalue weighted by molar-refractivity contribution is 5.85. The van der Waals surface area contributed by atoms with Gasteiger partial charge in [-0.1, -0.05) is 17.7 Å². The number of nitrogens with one attached hydrogen (secondary N) is 1. The van der Waals surface area contributed by atoms with Gasteiger partial charge >= 0.3 is 6.61 Å². The van der Waals surface area contributed by atoms with Crippen LogP contribution in [0.2, 0.25) is 0 Å². The first-order valence-corrected chi connectivity index (χ1v) is 5.54. The van der Waals surface area contributed by atoms with Crippen LogP contribution in [0.15, 0.2) is 18.2 Å². The van der Waals surface area contributed by atoms with E-state index in [1.54, 1.807) is 12.1 Å². The molecule has 0 aromatic heterocycles. The van der Waals surface area contributed by atoms with Crippen LogP contribution < -0.4 is 15.8 Å². The predicted octanol–water partition coefficient (Wildman–Crippen LogP) is 1.98. The van der Waals surface area contributed by atoms with Gasteiger partial charge in [-0.25, -0.2) is 0 Å². The van der Waals surface area contributed by atoms with E-state index >= 15 is 0 Å². The number of alkyl halides is 2. The molecule has 0 aliphatic rings. The van der Waals surface area contributed by atoms with Crippen LogP contribution in [0.3, 0.4) is 0 Å². The van der Waals surface area contributed by atoms with E-state index < -0.39 is 6.61 Å². The van der Waals surface area contributed by atoms with E-state index in [0.717, 1.165) is 5.56 Å². The van der Waals surface area contributed by atoms with Crippen molar-refractivity contribution in [3.8, 4) is 5.75 Å². The summed E-state index contributed by atoms with van der Waals surface area (Å²) in [6, 6.07) is 4.83. The van der Waals surface area contributed by atoms with E-state index in [-0.39, 0.29) is 43.6 Å². The number of ether oxygens (including phenoxy) is 1. The Morgan fingerprint density at radius 2 is 2.16 bits per heavy atom. The number of nitrogens with two attached hydrogens (primary N) is 1. The summed E-state index contributed by atoms with van der Waals surface area (Å²) in [5, 5.41) is 2.60. The SMILES string of the molecule is Cc1ccc(OC(F)F)c(CNC(=O)CCN)c1.Cl. The highest BCUT2D eigenvalue weighted by Crippen LogP contribution is 2.21. The number of carbonyl (C=O) groups is 1. The molecule has 0 spiro atoms. The summed E-state index contributed by atoms with van der Waals surface area (Å²) in [6.07, 6.45) is 0.205. The van der Waals surface area contributed by atoms with Crippen LogP contribution in [0.1, 0.15) is 17.5 Å². The molecule has 108 valence electrons. The fourth-order valence-corrected chi connectivity index (χ4v) is 1.47. The Balaban J connectivity index is 0.00000324. The molecule has 0 heterocycles. The quantitative estimate of drug-likeness (QED) is 0.843. The van der Waals surface area contributed by atoms with E-state index in [1.807, 2.05) is 6.92 Å². The molecule has 1 rings (SSSR count). The number of halogens is 3. The van der Waals surface area contributed by atoms with Crippen molar-refractivity contribution in [2.24, 2.45) is 5.73 Å². The Morgan fingerprint density at radius 3 is 2.74 bits per heavy atom. The summed E-state index contributed by atoms with van der Waals surface area (Å²) in [5.41, 5.74) is 6.65. The van der Waals surface area contributed by atoms with Gasteiger partial charge in [0.15, 0.2) is 0 Å². The largest absolute Gasteiger partial charge is 0.434 e. The number of hydrogen-bond acceptors (Lipinski definition) is 3. The van der Waals surface area contributed by atoms with Gasteiger partial charge in [0.1, 0.15) is 5.75 Å². The third-order valence-electron chi connectivity index (χ3n) is 2.28. The first kappa shape index (κ1) is 17.6. The number of amides is 1. The Hall–Kier alpha value is -1.40. The van der Waals surface area contributed by atoms with E-state index in [4.69, 9.17) is 5.73 Å². The molecule has 0 radical (unpaired) electrons. The molecular weight excluding hydrogens is 278 g/mol. The van der Waals surface area contributed by atoms with Gasteiger partial charge in [-0.2, -0.15) is 8.78 Å². The maximum atomic E-state index is 12.2. The zero-order chi connectivity index (χ0) is 13.5. The van der Waals surface area contributed by atoms with E-state index in [9.17, 15) is 13.6 Å². The molecular formula is C12H17ClF2N2O2. The summed E-state index contributed by atoms with van der Waals surface area (Å²) < 4.78 is 28.8. The zero-order valence-corrected chi connectivity index (χ0v) is 11.3. The molecule has 0 atom stereocenters. The highest BCUT2D eigenvalue weighted by Gasteiger charge is 2.10. The lowest BCUT2D eigenvalue weighted by Gasteiger charge is -2.12. The van der Waals surface area contributed by atoms with Gasteiger partial charge in [-0.3, -0.25) is 4.79 Å². The molecule has 0 aliphatic carbocycles. The molecule has 0 saturated carbocycles. The maximum absolute atomic E-state index is 12.2. The van der Waals surface area contributed by atoms with Gasteiger partial charge in [-0.15, -0.1) is 12.4 Å². The fraction of sp³-hybridized carbons (Fsp3) is 0.417. The third-order valence-corrected chi connectivity index (χ3v) is 2.28. The molecule has 0 saturated heterocycles. The lowest BCUT2D eigenvalue weighted by atomic mass is 10.1. The molecule has 1 aromatic rings. The van der Waals surface area contributed by atoms with Crippen molar-refractivity contribution in [3.63, 3.8) is 0 Å². The van der Waals surface area contributed by atoms with Crippen LogP contribution in [-0.2, 0) is 11.3 Å². The molecule has 3 N–H and O–H groups in total. The molecule has 0 fully saturated rings.